The van der Waals surface area contributed by atoms with E-state index in [1.165, 1.54) is 6.07 Å². The normalized spacial score (nSPS) is 26.2. The molecule has 1 fully saturated rings. The number of ether oxygens (including phenoxy) is 3. The van der Waals surface area contributed by atoms with Crippen LogP contribution in [0.4, 0.5) is 8.78 Å². The fraction of sp³-hybridized carbons (Fsp3) is 0.350. The Morgan fingerprint density at radius 2 is 1.89 bits per heavy atom. The molecule has 0 aromatic heterocycles. The molecule has 8 heteroatoms. The van der Waals surface area contributed by atoms with Crippen molar-refractivity contribution in [3.63, 3.8) is 0 Å². The molecule has 1 amide bonds. The highest BCUT2D eigenvalue weighted by Crippen LogP contribution is 2.62. The van der Waals surface area contributed by atoms with E-state index in [2.05, 4.69) is 21.2 Å². The summed E-state index contributed by atoms with van der Waals surface area (Å²) in [5.74, 6) is -4.68. The third-order valence-electron chi connectivity index (χ3n) is 5.42. The molecule has 0 bridgehead atoms. The maximum absolute atomic E-state index is 14.5. The zero-order valence-corrected chi connectivity index (χ0v) is 16.2. The number of fused-ring (bicyclic) bond motifs is 2. The maximum atomic E-state index is 14.5. The van der Waals surface area contributed by atoms with Crippen molar-refractivity contribution in [2.24, 2.45) is 5.92 Å². The number of amides is 1. The molecule has 0 spiro atoms. The summed E-state index contributed by atoms with van der Waals surface area (Å²) in [6, 6.07) is 9.86. The fourth-order valence-electron chi connectivity index (χ4n) is 3.95. The predicted molar refractivity (Wildman–Crippen MR) is 98.9 cm³/mol. The number of halogens is 3. The zero-order chi connectivity index (χ0) is 19.5. The van der Waals surface area contributed by atoms with Gasteiger partial charge in [0.2, 0.25) is 12.7 Å². The highest BCUT2D eigenvalue weighted by atomic mass is 79.9. The molecular weight excluding hydrogens is 436 g/mol. The molecule has 1 saturated carbocycles. The number of alkyl halides is 2. The van der Waals surface area contributed by atoms with Gasteiger partial charge in [0.25, 0.3) is 5.92 Å². The molecule has 2 aromatic carbocycles. The van der Waals surface area contributed by atoms with Gasteiger partial charge >= 0.3 is 0 Å². The molecule has 3 aliphatic rings. The number of carbonyl (C=O) groups is 1. The van der Waals surface area contributed by atoms with E-state index in [4.69, 9.17) is 14.2 Å². The van der Waals surface area contributed by atoms with Crippen molar-refractivity contribution in [1.82, 2.24) is 5.32 Å². The van der Waals surface area contributed by atoms with Crippen LogP contribution in [0, 0.1) is 5.92 Å². The lowest BCUT2D eigenvalue weighted by Gasteiger charge is -2.27. The monoisotopic (exact) mass is 451 g/mol. The molecule has 2 aromatic rings. The molecule has 5 rings (SSSR count). The molecule has 146 valence electrons. The first-order chi connectivity index (χ1) is 13.4. The Bertz CT molecular complexity index is 967. The van der Waals surface area contributed by atoms with E-state index in [1.54, 1.807) is 12.1 Å². The average molecular weight is 452 g/mol. The molecular formula is C20H16BrF2NO4. The van der Waals surface area contributed by atoms with Gasteiger partial charge in [-0.2, -0.15) is 0 Å². The SMILES string of the molecule is O=C(NC1CCOc2cc(Br)ccc21)C1C(c2ccc3c(c2)OCO3)C1(F)F. The minimum absolute atomic E-state index is 0.0725. The lowest BCUT2D eigenvalue weighted by atomic mass is 10.00. The number of nitrogens with one attached hydrogen (secondary N) is 1. The van der Waals surface area contributed by atoms with E-state index in [0.717, 1.165) is 10.0 Å². The van der Waals surface area contributed by atoms with Crippen LogP contribution in [-0.2, 0) is 4.79 Å². The van der Waals surface area contributed by atoms with Gasteiger partial charge in [0.15, 0.2) is 11.5 Å². The number of hydrogen-bond donors (Lipinski definition) is 1. The van der Waals surface area contributed by atoms with Crippen LogP contribution in [-0.4, -0.2) is 25.2 Å². The minimum atomic E-state index is -3.09. The summed E-state index contributed by atoms with van der Waals surface area (Å²) in [7, 11) is 0. The summed E-state index contributed by atoms with van der Waals surface area (Å²) >= 11 is 3.38. The molecule has 28 heavy (non-hydrogen) atoms. The van der Waals surface area contributed by atoms with Crippen LogP contribution in [0.15, 0.2) is 40.9 Å². The van der Waals surface area contributed by atoms with Crippen molar-refractivity contribution in [3.05, 3.63) is 52.0 Å². The fourth-order valence-corrected chi connectivity index (χ4v) is 4.29. The molecule has 5 nitrogen and oxygen atoms in total. The summed E-state index contributed by atoms with van der Waals surface area (Å²) in [5.41, 5.74) is 1.18. The second-order valence-corrected chi connectivity index (χ2v) is 8.04. The summed E-state index contributed by atoms with van der Waals surface area (Å²) in [6.07, 6.45) is 0.535. The van der Waals surface area contributed by atoms with Gasteiger partial charge in [-0.1, -0.05) is 28.1 Å². The van der Waals surface area contributed by atoms with Crippen LogP contribution >= 0.6 is 15.9 Å². The highest BCUT2D eigenvalue weighted by Gasteiger charge is 2.72. The Hall–Kier alpha value is -2.35. The van der Waals surface area contributed by atoms with Crippen molar-refractivity contribution in [1.29, 1.82) is 0 Å². The van der Waals surface area contributed by atoms with Gasteiger partial charge in [-0.15, -0.1) is 0 Å². The third-order valence-corrected chi connectivity index (χ3v) is 5.92. The van der Waals surface area contributed by atoms with E-state index in [0.29, 0.717) is 35.8 Å². The van der Waals surface area contributed by atoms with Crippen LogP contribution in [0.25, 0.3) is 0 Å². The second kappa shape index (κ2) is 6.34. The van der Waals surface area contributed by atoms with Crippen molar-refractivity contribution in [2.75, 3.05) is 13.4 Å². The van der Waals surface area contributed by atoms with Gasteiger partial charge in [0.1, 0.15) is 11.7 Å². The highest BCUT2D eigenvalue weighted by molar-refractivity contribution is 9.10. The molecule has 2 aliphatic heterocycles. The average Bonchev–Trinajstić information content (AvgIpc) is 3.00. The Balaban J connectivity index is 1.35. The van der Waals surface area contributed by atoms with Crippen LogP contribution in [0.1, 0.15) is 29.5 Å². The molecule has 0 saturated heterocycles. The van der Waals surface area contributed by atoms with Gasteiger partial charge in [-0.25, -0.2) is 8.78 Å². The predicted octanol–water partition coefficient (Wildman–Crippen LogP) is 4.17. The molecule has 3 atom stereocenters. The molecule has 1 N–H and O–H groups in total. The number of benzene rings is 2. The smallest absolute Gasteiger partial charge is 0.268 e. The topological polar surface area (TPSA) is 56.8 Å². The van der Waals surface area contributed by atoms with Crippen molar-refractivity contribution < 1.29 is 27.8 Å². The van der Waals surface area contributed by atoms with E-state index in [-0.39, 0.29) is 12.8 Å². The van der Waals surface area contributed by atoms with Gasteiger partial charge in [0.05, 0.1) is 18.6 Å². The van der Waals surface area contributed by atoms with Gasteiger partial charge < -0.3 is 19.5 Å². The molecule has 3 unspecified atom stereocenters. The number of rotatable bonds is 3. The third kappa shape index (κ3) is 2.82. The van der Waals surface area contributed by atoms with Crippen LogP contribution in [0.2, 0.25) is 0 Å². The summed E-state index contributed by atoms with van der Waals surface area (Å²) in [6.45, 7) is 0.490. The Labute approximate surface area is 168 Å². The zero-order valence-electron chi connectivity index (χ0n) is 14.6. The Kier molecular flexibility index (Phi) is 4.01. The quantitative estimate of drug-likeness (QED) is 0.760. The van der Waals surface area contributed by atoms with E-state index in [1.807, 2.05) is 18.2 Å². The van der Waals surface area contributed by atoms with Crippen LogP contribution in [0.5, 0.6) is 17.2 Å². The van der Waals surface area contributed by atoms with E-state index < -0.39 is 23.7 Å². The van der Waals surface area contributed by atoms with E-state index in [9.17, 15) is 13.6 Å². The van der Waals surface area contributed by atoms with Gasteiger partial charge in [-0.3, -0.25) is 4.79 Å². The standard InChI is InChI=1S/C20H16BrF2NO4/c21-11-2-3-12-13(5-6-26-15(12)8-11)24-19(25)18-17(20(18,22)23)10-1-4-14-16(7-10)28-9-27-14/h1-4,7-8,13,17-18H,5-6,9H2,(H,24,25). The first-order valence-corrected chi connectivity index (χ1v) is 9.74. The first kappa shape index (κ1) is 17.7. The van der Waals surface area contributed by atoms with Crippen molar-refractivity contribution in [3.8, 4) is 17.2 Å². The number of hydrogen-bond acceptors (Lipinski definition) is 4. The van der Waals surface area contributed by atoms with Crippen molar-refractivity contribution >= 4 is 21.8 Å². The second-order valence-electron chi connectivity index (χ2n) is 7.12. The van der Waals surface area contributed by atoms with Gasteiger partial charge in [0, 0.05) is 16.5 Å². The molecule has 1 aliphatic carbocycles. The summed E-state index contributed by atoms with van der Waals surface area (Å²) in [5, 5.41) is 2.79. The largest absolute Gasteiger partial charge is 0.493 e. The Morgan fingerprint density at radius 1 is 1.07 bits per heavy atom. The first-order valence-electron chi connectivity index (χ1n) is 8.95. The van der Waals surface area contributed by atoms with Crippen molar-refractivity contribution in [2.45, 2.75) is 24.3 Å². The molecule has 2 heterocycles. The van der Waals surface area contributed by atoms with Gasteiger partial charge in [-0.05, 0) is 29.8 Å². The van der Waals surface area contributed by atoms with E-state index >= 15 is 0 Å². The van der Waals surface area contributed by atoms with Crippen LogP contribution < -0.4 is 19.5 Å². The summed E-state index contributed by atoms with van der Waals surface area (Å²) < 4.78 is 45.9. The maximum Gasteiger partial charge on any atom is 0.268 e. The Morgan fingerprint density at radius 3 is 2.75 bits per heavy atom. The lowest BCUT2D eigenvalue weighted by Crippen LogP contribution is -2.34. The molecule has 0 radical (unpaired) electrons. The lowest BCUT2D eigenvalue weighted by molar-refractivity contribution is -0.125. The minimum Gasteiger partial charge on any atom is -0.493 e. The number of carbonyl (C=O) groups excluding carboxylic acids is 1. The summed E-state index contributed by atoms with van der Waals surface area (Å²) in [4.78, 5) is 12.7. The van der Waals surface area contributed by atoms with Crippen LogP contribution in [0.3, 0.4) is 0 Å².